The largest absolute Gasteiger partial charge is 0.378 e. The van der Waals surface area contributed by atoms with Crippen molar-refractivity contribution < 1.29 is 23.9 Å². The molecule has 38 heavy (non-hydrogen) atoms. The Kier molecular flexibility index (Phi) is 7.49. The Morgan fingerprint density at radius 3 is 2.47 bits per heavy atom. The summed E-state index contributed by atoms with van der Waals surface area (Å²) in [6.07, 6.45) is 4.34. The zero-order valence-corrected chi connectivity index (χ0v) is 22.3. The molecule has 5 rings (SSSR count). The van der Waals surface area contributed by atoms with Crippen LogP contribution in [0.1, 0.15) is 34.0 Å². The first-order chi connectivity index (χ1) is 18.4. The van der Waals surface area contributed by atoms with Gasteiger partial charge in [-0.3, -0.25) is 24.1 Å². The van der Waals surface area contributed by atoms with Gasteiger partial charge in [-0.05, 0) is 36.7 Å². The van der Waals surface area contributed by atoms with Crippen LogP contribution in [0.2, 0.25) is 0 Å². The number of aromatic nitrogens is 1. The minimum absolute atomic E-state index is 0.0117. The SMILES string of the molecule is CCc1cccc2c(/C=C3\SC(=O)N(CC(=O)c4ccc(C)cc4)C3=O)cn(CC(=O)N3CCOCC3)c12. The molecule has 196 valence electrons. The molecule has 2 saturated heterocycles. The van der Waals surface area contributed by atoms with Crippen molar-refractivity contribution in [3.8, 4) is 0 Å². The second kappa shape index (κ2) is 11.0. The van der Waals surface area contributed by atoms with E-state index in [1.165, 1.54) is 0 Å². The van der Waals surface area contributed by atoms with E-state index in [4.69, 9.17) is 4.74 Å². The Bertz CT molecular complexity index is 1450. The van der Waals surface area contributed by atoms with E-state index in [-0.39, 0.29) is 29.7 Å². The number of benzene rings is 2. The predicted octanol–water partition coefficient (Wildman–Crippen LogP) is 4.29. The molecule has 2 fully saturated rings. The molecule has 2 aliphatic heterocycles. The molecule has 2 aromatic carbocycles. The lowest BCUT2D eigenvalue weighted by atomic mass is 10.1. The topological polar surface area (TPSA) is 88.9 Å². The number of Topliss-reactive ketones (excluding diaryl/α,β-unsaturated/α-hetero) is 1. The Balaban J connectivity index is 1.42. The van der Waals surface area contributed by atoms with Gasteiger partial charge in [-0.1, -0.05) is 55.0 Å². The van der Waals surface area contributed by atoms with Crippen molar-refractivity contribution in [2.45, 2.75) is 26.8 Å². The van der Waals surface area contributed by atoms with Crippen molar-refractivity contribution in [2.75, 3.05) is 32.8 Å². The number of ketones is 1. The highest BCUT2D eigenvalue weighted by Gasteiger charge is 2.36. The first-order valence-electron chi connectivity index (χ1n) is 12.7. The van der Waals surface area contributed by atoms with Crippen LogP contribution in [0.5, 0.6) is 0 Å². The molecule has 1 aromatic heterocycles. The molecular formula is C29H29N3O5S. The molecule has 0 radical (unpaired) electrons. The predicted molar refractivity (Wildman–Crippen MR) is 147 cm³/mol. The maximum absolute atomic E-state index is 13.2. The summed E-state index contributed by atoms with van der Waals surface area (Å²) in [6.45, 7) is 6.06. The minimum atomic E-state index is -0.489. The van der Waals surface area contributed by atoms with Gasteiger partial charge < -0.3 is 14.2 Å². The number of aryl methyl sites for hydroxylation is 2. The Morgan fingerprint density at radius 1 is 1.03 bits per heavy atom. The summed E-state index contributed by atoms with van der Waals surface area (Å²) in [5.41, 5.74) is 4.26. The fraction of sp³-hybridized carbons (Fsp3) is 0.310. The van der Waals surface area contributed by atoms with Crippen LogP contribution in [0.3, 0.4) is 0 Å². The van der Waals surface area contributed by atoms with E-state index in [9.17, 15) is 19.2 Å². The third-order valence-corrected chi connectivity index (χ3v) is 7.81. The number of carbonyl (C=O) groups excluding carboxylic acids is 4. The molecule has 0 bridgehead atoms. The second-order valence-corrected chi connectivity index (χ2v) is 10.4. The van der Waals surface area contributed by atoms with Crippen LogP contribution in [0.25, 0.3) is 17.0 Å². The van der Waals surface area contributed by atoms with E-state index in [1.54, 1.807) is 23.1 Å². The molecule has 0 unspecified atom stereocenters. The summed E-state index contributed by atoms with van der Waals surface area (Å²) >= 11 is 0.829. The molecule has 8 nitrogen and oxygen atoms in total. The first-order valence-corrected chi connectivity index (χ1v) is 13.5. The molecule has 3 aromatic rings. The lowest BCUT2D eigenvalue weighted by Gasteiger charge is -2.27. The van der Waals surface area contributed by atoms with E-state index in [2.05, 4.69) is 6.92 Å². The highest BCUT2D eigenvalue weighted by Crippen LogP contribution is 2.35. The minimum Gasteiger partial charge on any atom is -0.378 e. The van der Waals surface area contributed by atoms with Crippen molar-refractivity contribution in [3.05, 3.63) is 75.8 Å². The van der Waals surface area contributed by atoms with Gasteiger partial charge in [0, 0.05) is 35.8 Å². The normalized spacial score (nSPS) is 17.2. The van der Waals surface area contributed by atoms with E-state index < -0.39 is 11.1 Å². The first kappa shape index (κ1) is 25.9. The van der Waals surface area contributed by atoms with Crippen LogP contribution >= 0.6 is 11.8 Å². The summed E-state index contributed by atoms with van der Waals surface area (Å²) in [5, 5.41) is 0.434. The maximum atomic E-state index is 13.2. The number of para-hydroxylation sites is 1. The summed E-state index contributed by atoms with van der Waals surface area (Å²) in [6, 6.07) is 13.0. The molecule has 3 heterocycles. The highest BCUT2D eigenvalue weighted by atomic mass is 32.2. The zero-order chi connectivity index (χ0) is 26.8. The molecule has 0 spiro atoms. The average Bonchev–Trinajstić information content (AvgIpc) is 3.41. The number of fused-ring (bicyclic) bond motifs is 1. The molecular weight excluding hydrogens is 502 g/mol. The van der Waals surface area contributed by atoms with Crippen molar-refractivity contribution in [1.82, 2.24) is 14.4 Å². The van der Waals surface area contributed by atoms with Crippen LogP contribution in [0, 0.1) is 6.92 Å². The van der Waals surface area contributed by atoms with Crippen molar-refractivity contribution in [1.29, 1.82) is 0 Å². The van der Waals surface area contributed by atoms with Crippen LogP contribution in [-0.2, 0) is 27.3 Å². The fourth-order valence-electron chi connectivity index (χ4n) is 4.80. The van der Waals surface area contributed by atoms with E-state index in [1.807, 2.05) is 48.0 Å². The number of amides is 3. The number of carbonyl (C=O) groups is 4. The lowest BCUT2D eigenvalue weighted by molar-refractivity contribution is -0.135. The number of rotatable bonds is 7. The summed E-state index contributed by atoms with van der Waals surface area (Å²) < 4.78 is 7.30. The van der Waals surface area contributed by atoms with E-state index in [0.717, 1.165) is 50.7 Å². The van der Waals surface area contributed by atoms with Crippen molar-refractivity contribution in [2.24, 2.45) is 0 Å². The van der Waals surface area contributed by atoms with Gasteiger partial charge in [-0.25, -0.2) is 0 Å². The third-order valence-electron chi connectivity index (χ3n) is 6.90. The van der Waals surface area contributed by atoms with Crippen LogP contribution in [0.4, 0.5) is 4.79 Å². The maximum Gasteiger partial charge on any atom is 0.293 e. The van der Waals surface area contributed by atoms with Gasteiger partial charge in [0.2, 0.25) is 5.91 Å². The molecule has 0 N–H and O–H groups in total. The van der Waals surface area contributed by atoms with Crippen molar-refractivity contribution >= 4 is 51.6 Å². The molecule has 0 atom stereocenters. The van der Waals surface area contributed by atoms with Gasteiger partial charge in [0.25, 0.3) is 11.1 Å². The van der Waals surface area contributed by atoms with Crippen LogP contribution in [0.15, 0.2) is 53.6 Å². The third kappa shape index (κ3) is 5.16. The zero-order valence-electron chi connectivity index (χ0n) is 21.4. The monoisotopic (exact) mass is 531 g/mol. The molecule has 0 aliphatic carbocycles. The number of nitrogens with zero attached hydrogens (tertiary/aromatic N) is 3. The second-order valence-electron chi connectivity index (χ2n) is 9.43. The standard InChI is InChI=1S/C29H29N3O5S/c1-3-20-5-4-6-23-22(16-31(27(20)23)18-26(34)30-11-13-37-14-12-30)15-25-28(35)32(29(36)38-25)17-24(33)21-9-7-19(2)8-10-21/h4-10,15-16H,3,11-14,17-18H2,1-2H3/b25-15-. The summed E-state index contributed by atoms with van der Waals surface area (Å²) in [4.78, 5) is 54.7. The summed E-state index contributed by atoms with van der Waals surface area (Å²) in [7, 11) is 0. The fourth-order valence-corrected chi connectivity index (χ4v) is 5.63. The molecule has 2 aliphatic rings. The number of ether oxygens (including phenoxy) is 1. The number of hydrogen-bond acceptors (Lipinski definition) is 6. The van der Waals surface area contributed by atoms with E-state index >= 15 is 0 Å². The smallest absolute Gasteiger partial charge is 0.293 e. The average molecular weight is 532 g/mol. The van der Waals surface area contributed by atoms with Gasteiger partial charge in [-0.15, -0.1) is 0 Å². The molecule has 0 saturated carbocycles. The number of morpholine rings is 1. The Morgan fingerprint density at radius 2 is 1.76 bits per heavy atom. The molecule has 9 heteroatoms. The molecule has 3 amide bonds. The number of imide groups is 1. The van der Waals surface area contributed by atoms with Gasteiger partial charge >= 0.3 is 0 Å². The van der Waals surface area contributed by atoms with Crippen molar-refractivity contribution in [3.63, 3.8) is 0 Å². The van der Waals surface area contributed by atoms with Gasteiger partial charge in [0.05, 0.1) is 30.2 Å². The van der Waals surface area contributed by atoms with Gasteiger partial charge in [0.1, 0.15) is 6.54 Å². The highest BCUT2D eigenvalue weighted by molar-refractivity contribution is 8.18. The van der Waals surface area contributed by atoms with Gasteiger partial charge in [-0.2, -0.15) is 0 Å². The Labute approximate surface area is 225 Å². The quantitative estimate of drug-likeness (QED) is 0.334. The number of thioether (sulfide) groups is 1. The van der Waals surface area contributed by atoms with Gasteiger partial charge in [0.15, 0.2) is 5.78 Å². The number of hydrogen-bond donors (Lipinski definition) is 0. The van der Waals surface area contributed by atoms with Crippen LogP contribution in [-0.4, -0.2) is 70.1 Å². The Hall–Kier alpha value is -3.69. The van der Waals surface area contributed by atoms with E-state index in [0.29, 0.717) is 31.9 Å². The summed E-state index contributed by atoms with van der Waals surface area (Å²) in [5.74, 6) is -0.769. The van der Waals surface area contributed by atoms with Crippen LogP contribution < -0.4 is 0 Å². The lowest BCUT2D eigenvalue weighted by Crippen LogP contribution is -2.42.